The summed E-state index contributed by atoms with van der Waals surface area (Å²) in [5.74, 6) is -0.275. The Labute approximate surface area is 117 Å². The summed E-state index contributed by atoms with van der Waals surface area (Å²) in [6.45, 7) is 2.59. The van der Waals surface area contributed by atoms with E-state index in [1.807, 2.05) is 6.92 Å². The normalized spacial score (nSPS) is 29.1. The third-order valence-corrected chi connectivity index (χ3v) is 6.39. The molecule has 1 saturated carbocycles. The molecular formula is C14H24O4S. The zero-order chi connectivity index (χ0) is 13.9. The highest BCUT2D eigenvalue weighted by Gasteiger charge is 2.42. The van der Waals surface area contributed by atoms with Crippen LogP contribution in [0.25, 0.3) is 0 Å². The largest absolute Gasteiger partial charge is 0.469 e. The van der Waals surface area contributed by atoms with Crippen molar-refractivity contribution in [2.75, 3.05) is 13.7 Å². The number of esters is 1. The summed E-state index contributed by atoms with van der Waals surface area (Å²) < 4.78 is 23.2. The van der Waals surface area contributed by atoms with Crippen molar-refractivity contribution in [1.82, 2.24) is 0 Å². The molecule has 1 aliphatic heterocycles. The third-order valence-electron chi connectivity index (χ3n) is 4.37. The quantitative estimate of drug-likeness (QED) is 0.744. The van der Waals surface area contributed by atoms with Gasteiger partial charge in [-0.2, -0.15) is 0 Å². The van der Waals surface area contributed by atoms with Gasteiger partial charge in [0.2, 0.25) is 0 Å². The lowest BCUT2D eigenvalue weighted by molar-refractivity contribution is -0.140. The van der Waals surface area contributed by atoms with Gasteiger partial charge >= 0.3 is 5.97 Å². The molecule has 1 aliphatic carbocycles. The van der Waals surface area contributed by atoms with E-state index in [2.05, 4.69) is 4.74 Å². The second kappa shape index (κ2) is 6.35. The molecule has 0 aromatic rings. The van der Waals surface area contributed by atoms with Crippen LogP contribution >= 0.6 is 0 Å². The summed E-state index contributed by atoms with van der Waals surface area (Å²) >= 11 is 0. The van der Waals surface area contributed by atoms with Crippen molar-refractivity contribution in [3.63, 3.8) is 0 Å². The lowest BCUT2D eigenvalue weighted by Gasteiger charge is -2.38. The molecule has 2 aliphatic rings. The number of methoxy groups -OCH3 is 1. The SMILES string of the molecule is COC(=O)CC(C)S(=O)C1CCOC2(CCCC2)C1. The van der Waals surface area contributed by atoms with Crippen LogP contribution in [0.5, 0.6) is 0 Å². The van der Waals surface area contributed by atoms with Crippen LogP contribution < -0.4 is 0 Å². The van der Waals surface area contributed by atoms with Crippen LogP contribution in [0.15, 0.2) is 0 Å². The molecule has 0 N–H and O–H groups in total. The lowest BCUT2D eigenvalue weighted by Crippen LogP contribution is -2.43. The maximum atomic E-state index is 12.5. The average molecular weight is 288 g/mol. The van der Waals surface area contributed by atoms with E-state index in [1.165, 1.54) is 20.0 Å². The van der Waals surface area contributed by atoms with Crippen molar-refractivity contribution in [1.29, 1.82) is 0 Å². The fourth-order valence-electron chi connectivity index (χ4n) is 3.28. The van der Waals surface area contributed by atoms with Crippen molar-refractivity contribution in [3.8, 4) is 0 Å². The second-order valence-electron chi connectivity index (χ2n) is 5.77. The number of ether oxygens (including phenoxy) is 2. The van der Waals surface area contributed by atoms with E-state index in [9.17, 15) is 9.00 Å². The Balaban J connectivity index is 1.93. The molecule has 1 saturated heterocycles. The number of carbonyl (C=O) groups is 1. The van der Waals surface area contributed by atoms with Gasteiger partial charge in [-0.3, -0.25) is 9.00 Å². The van der Waals surface area contributed by atoms with Gasteiger partial charge in [0.05, 0.1) is 19.1 Å². The topological polar surface area (TPSA) is 52.6 Å². The van der Waals surface area contributed by atoms with Crippen molar-refractivity contribution < 1.29 is 18.5 Å². The summed E-state index contributed by atoms with van der Waals surface area (Å²) in [5.41, 5.74) is -0.0104. The molecule has 2 rings (SSSR count). The highest BCUT2D eigenvalue weighted by atomic mass is 32.2. The summed E-state index contributed by atoms with van der Waals surface area (Å²) in [6, 6.07) is 0. The highest BCUT2D eigenvalue weighted by Crippen LogP contribution is 2.41. The Morgan fingerprint density at radius 1 is 1.47 bits per heavy atom. The molecule has 0 aromatic heterocycles. The van der Waals surface area contributed by atoms with Gasteiger partial charge in [0.1, 0.15) is 0 Å². The molecule has 1 heterocycles. The van der Waals surface area contributed by atoms with Crippen LogP contribution in [-0.2, 0) is 25.1 Å². The first-order valence-electron chi connectivity index (χ1n) is 7.16. The number of carbonyl (C=O) groups excluding carboxylic acids is 1. The minimum Gasteiger partial charge on any atom is -0.469 e. The summed E-state index contributed by atoms with van der Waals surface area (Å²) in [6.07, 6.45) is 6.63. The van der Waals surface area contributed by atoms with Crippen molar-refractivity contribution in [2.24, 2.45) is 0 Å². The Bertz CT molecular complexity index is 349. The van der Waals surface area contributed by atoms with Crippen molar-refractivity contribution in [2.45, 2.75) is 68.0 Å². The van der Waals surface area contributed by atoms with Gasteiger partial charge in [0, 0.05) is 27.9 Å². The Morgan fingerprint density at radius 2 is 2.16 bits per heavy atom. The van der Waals surface area contributed by atoms with Gasteiger partial charge in [-0.05, 0) is 25.7 Å². The zero-order valence-electron chi connectivity index (χ0n) is 11.9. The first-order chi connectivity index (χ1) is 9.06. The van der Waals surface area contributed by atoms with Gasteiger partial charge in [-0.25, -0.2) is 0 Å². The molecule has 3 atom stereocenters. The molecule has 110 valence electrons. The van der Waals surface area contributed by atoms with Crippen LogP contribution in [0.2, 0.25) is 0 Å². The van der Waals surface area contributed by atoms with Crippen molar-refractivity contribution in [3.05, 3.63) is 0 Å². The predicted molar refractivity (Wildman–Crippen MR) is 74.4 cm³/mol. The molecule has 0 aromatic carbocycles. The molecule has 0 amide bonds. The Hall–Kier alpha value is -0.420. The maximum absolute atomic E-state index is 12.5. The van der Waals surface area contributed by atoms with E-state index in [4.69, 9.17) is 4.74 Å². The average Bonchev–Trinajstić information content (AvgIpc) is 2.85. The molecule has 0 bridgehead atoms. The second-order valence-corrected chi connectivity index (χ2v) is 7.90. The van der Waals surface area contributed by atoms with E-state index in [0.717, 1.165) is 25.7 Å². The highest BCUT2D eigenvalue weighted by molar-refractivity contribution is 7.86. The van der Waals surface area contributed by atoms with Gasteiger partial charge in [-0.1, -0.05) is 19.8 Å². The first-order valence-corrected chi connectivity index (χ1v) is 8.44. The number of hydrogen-bond acceptors (Lipinski definition) is 4. The lowest BCUT2D eigenvalue weighted by atomic mass is 9.92. The van der Waals surface area contributed by atoms with Crippen molar-refractivity contribution >= 4 is 16.8 Å². The van der Waals surface area contributed by atoms with Gasteiger partial charge in [-0.15, -0.1) is 0 Å². The Kier molecular flexibility index (Phi) is 5.01. The molecule has 0 radical (unpaired) electrons. The Morgan fingerprint density at radius 3 is 2.79 bits per heavy atom. The van der Waals surface area contributed by atoms with E-state index >= 15 is 0 Å². The minimum absolute atomic E-state index is 0.0104. The fraction of sp³-hybridized carbons (Fsp3) is 0.929. The van der Waals surface area contributed by atoms with Crippen LogP contribution in [0, 0.1) is 0 Å². The number of rotatable bonds is 4. The monoisotopic (exact) mass is 288 g/mol. The molecule has 3 unspecified atom stereocenters. The van der Waals surface area contributed by atoms with Gasteiger partial charge < -0.3 is 9.47 Å². The molecule has 4 nitrogen and oxygen atoms in total. The maximum Gasteiger partial charge on any atom is 0.306 e. The standard InChI is InChI=1S/C14H24O4S/c1-11(9-13(15)17-2)19(16)12-5-8-18-14(10-12)6-3-4-7-14/h11-12H,3-10H2,1-2H3. The smallest absolute Gasteiger partial charge is 0.306 e. The van der Waals surface area contributed by atoms with E-state index in [0.29, 0.717) is 6.61 Å². The molecular weight excluding hydrogens is 264 g/mol. The molecule has 5 heteroatoms. The van der Waals surface area contributed by atoms with E-state index in [-0.39, 0.29) is 28.5 Å². The summed E-state index contributed by atoms with van der Waals surface area (Å²) in [5, 5.41) is 0.0421. The first kappa shape index (κ1) is 15.0. The van der Waals surface area contributed by atoms with Crippen LogP contribution in [0.4, 0.5) is 0 Å². The summed E-state index contributed by atoms with van der Waals surface area (Å²) in [7, 11) is 0.399. The predicted octanol–water partition coefficient (Wildman–Crippen LogP) is 2.18. The van der Waals surface area contributed by atoms with Crippen LogP contribution in [0.1, 0.15) is 51.9 Å². The van der Waals surface area contributed by atoms with E-state index in [1.54, 1.807) is 0 Å². The van der Waals surface area contributed by atoms with E-state index < -0.39 is 10.8 Å². The van der Waals surface area contributed by atoms with Crippen LogP contribution in [-0.4, -0.2) is 40.0 Å². The number of hydrogen-bond donors (Lipinski definition) is 0. The van der Waals surface area contributed by atoms with Gasteiger partial charge in [0.15, 0.2) is 0 Å². The molecule has 2 fully saturated rings. The minimum atomic E-state index is -0.976. The van der Waals surface area contributed by atoms with Crippen LogP contribution in [0.3, 0.4) is 0 Å². The fourth-order valence-corrected chi connectivity index (χ4v) is 5.03. The molecule has 1 spiro atoms. The zero-order valence-corrected chi connectivity index (χ0v) is 12.7. The molecule has 19 heavy (non-hydrogen) atoms. The van der Waals surface area contributed by atoms with Gasteiger partial charge in [0.25, 0.3) is 0 Å². The third kappa shape index (κ3) is 3.57. The summed E-state index contributed by atoms with van der Waals surface area (Å²) in [4.78, 5) is 11.3.